The van der Waals surface area contributed by atoms with E-state index in [9.17, 15) is 18.7 Å². The Morgan fingerprint density at radius 2 is 1.19 bits per heavy atom. The van der Waals surface area contributed by atoms with Crippen molar-refractivity contribution in [2.24, 2.45) is 0 Å². The van der Waals surface area contributed by atoms with Crippen LogP contribution in [-0.2, 0) is 37.0 Å². The molecular weight excluding hydrogens is 632 g/mol. The summed E-state index contributed by atoms with van der Waals surface area (Å²) >= 11 is 0. The number of benzene rings is 3. The Balaban J connectivity index is 1.27. The van der Waals surface area contributed by atoms with Crippen LogP contribution in [0.25, 0.3) is 0 Å². The largest absolute Gasteiger partial charge is 0.491 e. The van der Waals surface area contributed by atoms with Gasteiger partial charge in [-0.3, -0.25) is 4.79 Å². The van der Waals surface area contributed by atoms with Crippen LogP contribution < -0.4 is 19.5 Å². The van der Waals surface area contributed by atoms with Crippen molar-refractivity contribution in [3.05, 3.63) is 89.5 Å². The molecule has 0 heterocycles. The minimum Gasteiger partial charge on any atom is -0.491 e. The Labute approximate surface area is 279 Å². The van der Waals surface area contributed by atoms with Gasteiger partial charge in [-0.1, -0.05) is 24.3 Å². The van der Waals surface area contributed by atoms with Crippen LogP contribution in [0.3, 0.4) is 0 Å². The van der Waals surface area contributed by atoms with E-state index in [-0.39, 0.29) is 37.9 Å². The molecule has 0 fully saturated rings. The van der Waals surface area contributed by atoms with Crippen LogP contribution in [0.4, 0.5) is 8.78 Å². The third-order valence-electron chi connectivity index (χ3n) is 6.57. The summed E-state index contributed by atoms with van der Waals surface area (Å²) in [4.78, 5) is 10.4. The number of carboxylic acid groups (broad SMARTS) is 1. The van der Waals surface area contributed by atoms with Crippen LogP contribution in [0, 0.1) is 11.6 Å². The lowest BCUT2D eigenvalue weighted by Gasteiger charge is -2.17. The molecule has 0 unspecified atom stereocenters. The number of hydrogen-bond donors (Lipinski definition) is 3. The minimum atomic E-state index is -0.830. The molecule has 0 bridgehead atoms. The van der Waals surface area contributed by atoms with E-state index in [1.807, 2.05) is 0 Å². The van der Waals surface area contributed by atoms with Gasteiger partial charge in [0.15, 0.2) is 11.5 Å². The number of halogens is 2. The van der Waals surface area contributed by atoms with E-state index >= 15 is 0 Å². The Bertz CT molecular complexity index is 1300. The lowest BCUT2D eigenvalue weighted by Crippen LogP contribution is -2.33. The van der Waals surface area contributed by atoms with Gasteiger partial charge in [-0.25, -0.2) is 8.78 Å². The second kappa shape index (κ2) is 23.5. The first-order chi connectivity index (χ1) is 23.4. The first kappa shape index (κ1) is 38.6. The summed E-state index contributed by atoms with van der Waals surface area (Å²) in [6, 6.07) is 17.0. The molecule has 48 heavy (non-hydrogen) atoms. The van der Waals surface area contributed by atoms with Crippen molar-refractivity contribution in [3.63, 3.8) is 0 Å². The van der Waals surface area contributed by atoms with Crippen molar-refractivity contribution >= 4 is 5.97 Å². The number of rotatable bonds is 27. The predicted octanol–water partition coefficient (Wildman–Crippen LogP) is 4.38. The summed E-state index contributed by atoms with van der Waals surface area (Å²) in [6.07, 6.45) is -0.195. The first-order valence-electron chi connectivity index (χ1n) is 15.8. The van der Waals surface area contributed by atoms with E-state index in [1.165, 1.54) is 24.3 Å². The van der Waals surface area contributed by atoms with Gasteiger partial charge in [-0.15, -0.1) is 0 Å². The van der Waals surface area contributed by atoms with Crippen LogP contribution in [0.2, 0.25) is 0 Å². The molecular formula is C35H45F2NO10. The molecule has 3 rings (SSSR count). The normalized spacial score (nSPS) is 11.7. The molecule has 0 amide bonds. The fraction of sp³-hybridized carbons (Fsp3) is 0.457. The summed E-state index contributed by atoms with van der Waals surface area (Å²) in [7, 11) is 0. The lowest BCUT2D eigenvalue weighted by atomic mass is 10.2. The smallest absolute Gasteiger partial charge is 0.303 e. The highest BCUT2D eigenvalue weighted by Gasteiger charge is 2.11. The van der Waals surface area contributed by atoms with E-state index in [0.717, 1.165) is 11.1 Å². The standard InChI is InChI=1S/C35H45F2NO10/c36-29-7-3-27(4-8-29)24-47-33-12-11-32(22-34(33)48-25-28-5-9-30(37)10-6-28)46-26-31(39)23-38-13-15-43-17-19-45-21-20-44-18-16-42-14-1-2-35(40)41/h3-12,22,31,38-39H,1-2,13-21,23-26H2,(H,40,41)/t31-/m1/s1. The lowest BCUT2D eigenvalue weighted by molar-refractivity contribution is -0.137. The van der Waals surface area contributed by atoms with Crippen LogP contribution in [0.1, 0.15) is 24.0 Å². The molecule has 0 aromatic heterocycles. The highest BCUT2D eigenvalue weighted by molar-refractivity contribution is 5.66. The maximum Gasteiger partial charge on any atom is 0.303 e. The maximum absolute atomic E-state index is 13.3. The molecule has 1 atom stereocenters. The molecule has 0 radical (unpaired) electrons. The van der Waals surface area contributed by atoms with Crippen LogP contribution in [-0.4, -0.2) is 94.8 Å². The van der Waals surface area contributed by atoms with Gasteiger partial charge in [-0.05, 0) is 53.9 Å². The number of carbonyl (C=O) groups is 1. The van der Waals surface area contributed by atoms with Gasteiger partial charge >= 0.3 is 5.97 Å². The topological polar surface area (TPSA) is 134 Å². The zero-order chi connectivity index (χ0) is 34.2. The number of hydrogen-bond acceptors (Lipinski definition) is 10. The molecule has 264 valence electrons. The highest BCUT2D eigenvalue weighted by Crippen LogP contribution is 2.33. The van der Waals surface area contributed by atoms with E-state index in [4.69, 9.17) is 38.3 Å². The van der Waals surface area contributed by atoms with Crippen molar-refractivity contribution < 1.29 is 56.9 Å². The summed E-state index contributed by atoms with van der Waals surface area (Å²) in [5.41, 5.74) is 1.55. The number of aliphatic carboxylic acids is 1. The molecule has 0 aliphatic rings. The second-order valence-corrected chi connectivity index (χ2v) is 10.6. The number of aliphatic hydroxyl groups excluding tert-OH is 1. The SMILES string of the molecule is O=C(O)CCCOCCOCCOCCOCCNC[C@@H](O)COc1ccc(OCc2ccc(F)cc2)c(OCc2ccc(F)cc2)c1. The van der Waals surface area contributed by atoms with E-state index in [2.05, 4.69) is 5.32 Å². The Kier molecular flexibility index (Phi) is 18.9. The van der Waals surface area contributed by atoms with Crippen molar-refractivity contribution in [2.75, 3.05) is 72.6 Å². The summed E-state index contributed by atoms with van der Waals surface area (Å²) < 4.78 is 65.9. The van der Waals surface area contributed by atoms with Crippen LogP contribution >= 0.6 is 0 Å². The number of ether oxygens (including phenoxy) is 7. The molecule has 11 nitrogen and oxygen atoms in total. The van der Waals surface area contributed by atoms with Crippen molar-refractivity contribution in [1.29, 1.82) is 0 Å². The monoisotopic (exact) mass is 677 g/mol. The fourth-order valence-corrected chi connectivity index (χ4v) is 4.05. The number of carboxylic acids is 1. The van der Waals surface area contributed by atoms with Gasteiger partial charge in [0.1, 0.15) is 43.3 Å². The first-order valence-corrected chi connectivity index (χ1v) is 15.8. The fourth-order valence-electron chi connectivity index (χ4n) is 4.05. The number of nitrogens with one attached hydrogen (secondary N) is 1. The molecule has 0 aliphatic carbocycles. The zero-order valence-corrected chi connectivity index (χ0v) is 27.0. The van der Waals surface area contributed by atoms with Crippen LogP contribution in [0.15, 0.2) is 66.7 Å². The minimum absolute atomic E-state index is 0.0355. The third-order valence-corrected chi connectivity index (χ3v) is 6.57. The Morgan fingerprint density at radius 3 is 1.75 bits per heavy atom. The van der Waals surface area contributed by atoms with Crippen molar-refractivity contribution in [3.8, 4) is 17.2 Å². The molecule has 13 heteroatoms. The van der Waals surface area contributed by atoms with Gasteiger partial charge < -0.3 is 48.7 Å². The van der Waals surface area contributed by atoms with E-state index in [0.29, 0.717) is 89.6 Å². The molecule has 0 saturated carbocycles. The zero-order valence-electron chi connectivity index (χ0n) is 27.0. The van der Waals surface area contributed by atoms with E-state index in [1.54, 1.807) is 42.5 Å². The highest BCUT2D eigenvalue weighted by atomic mass is 19.1. The third kappa shape index (κ3) is 17.3. The van der Waals surface area contributed by atoms with Crippen LogP contribution in [0.5, 0.6) is 17.2 Å². The summed E-state index contributed by atoms with van der Waals surface area (Å²) in [5, 5.41) is 22.0. The van der Waals surface area contributed by atoms with E-state index < -0.39 is 12.1 Å². The maximum atomic E-state index is 13.3. The molecule has 3 N–H and O–H groups in total. The molecule has 0 saturated heterocycles. The average Bonchev–Trinajstić information content (AvgIpc) is 3.08. The summed E-state index contributed by atoms with van der Waals surface area (Å²) in [6.45, 7) is 4.63. The predicted molar refractivity (Wildman–Crippen MR) is 172 cm³/mol. The second-order valence-electron chi connectivity index (χ2n) is 10.6. The molecule has 3 aromatic carbocycles. The molecule has 0 spiro atoms. The Morgan fingerprint density at radius 1 is 0.667 bits per heavy atom. The number of aliphatic hydroxyl groups is 1. The Hall–Kier alpha value is -3.85. The molecule has 0 aliphatic heterocycles. The quantitative estimate of drug-likeness (QED) is 0.0993. The van der Waals surface area contributed by atoms with Crippen molar-refractivity contribution in [1.82, 2.24) is 5.32 Å². The average molecular weight is 678 g/mol. The summed E-state index contributed by atoms with van der Waals surface area (Å²) in [5.74, 6) is -0.187. The molecule has 3 aromatic rings. The van der Waals surface area contributed by atoms with Gasteiger partial charge in [0.05, 0.1) is 46.2 Å². The van der Waals surface area contributed by atoms with Gasteiger partial charge in [-0.2, -0.15) is 0 Å². The van der Waals surface area contributed by atoms with Crippen molar-refractivity contribution in [2.45, 2.75) is 32.2 Å². The van der Waals surface area contributed by atoms with Gasteiger partial charge in [0.2, 0.25) is 0 Å². The van der Waals surface area contributed by atoms with Gasteiger partial charge in [0, 0.05) is 32.2 Å². The van der Waals surface area contributed by atoms with Gasteiger partial charge in [0.25, 0.3) is 0 Å².